The number of nitrogens with zero attached hydrogens (tertiary/aromatic N) is 4. The van der Waals surface area contributed by atoms with Gasteiger partial charge in [0.1, 0.15) is 16.9 Å². The standard InChI is InChI=1S/C22H26FN5O4S/c1-14-5-4-10-27(13-14)33(30,31)18-8-9-20-21(12-18)28(26-25-20)32-16(3)22(29)24-17-7-6-15(2)19(23)11-17/h6-9,11-12,14,16H,4-5,10,13H2,1-3H3,(H,24,29). The highest BCUT2D eigenvalue weighted by molar-refractivity contribution is 7.89. The van der Waals surface area contributed by atoms with Gasteiger partial charge >= 0.3 is 0 Å². The summed E-state index contributed by atoms with van der Waals surface area (Å²) in [6, 6.07) is 8.88. The molecule has 1 aliphatic rings. The molecule has 1 aromatic heterocycles. The molecule has 0 radical (unpaired) electrons. The number of hydrogen-bond donors (Lipinski definition) is 1. The van der Waals surface area contributed by atoms with E-state index in [1.54, 1.807) is 25.1 Å². The summed E-state index contributed by atoms with van der Waals surface area (Å²) in [5, 5.41) is 10.5. The van der Waals surface area contributed by atoms with Crippen molar-refractivity contribution in [2.24, 2.45) is 5.92 Å². The quantitative estimate of drug-likeness (QED) is 0.588. The van der Waals surface area contributed by atoms with Gasteiger partial charge in [-0.05, 0) is 73.7 Å². The molecule has 2 unspecified atom stereocenters. The Bertz CT molecular complexity index is 1290. The first-order chi connectivity index (χ1) is 15.6. The fraction of sp³-hybridized carbons (Fsp3) is 0.409. The Kier molecular flexibility index (Phi) is 6.35. The van der Waals surface area contributed by atoms with Gasteiger partial charge in [0.05, 0.1) is 4.90 Å². The van der Waals surface area contributed by atoms with Gasteiger partial charge in [-0.25, -0.2) is 12.8 Å². The second kappa shape index (κ2) is 9.06. The van der Waals surface area contributed by atoms with Crippen LogP contribution in [0.5, 0.6) is 0 Å². The van der Waals surface area contributed by atoms with Gasteiger partial charge in [-0.1, -0.05) is 17.8 Å². The smallest absolute Gasteiger partial charge is 0.267 e. The minimum Gasteiger partial charge on any atom is -0.382 e. The van der Waals surface area contributed by atoms with Crippen LogP contribution in [0.15, 0.2) is 41.3 Å². The van der Waals surface area contributed by atoms with E-state index in [0.29, 0.717) is 41.3 Å². The van der Waals surface area contributed by atoms with Crippen LogP contribution in [0.25, 0.3) is 11.0 Å². The Labute approximate surface area is 191 Å². The highest BCUT2D eigenvalue weighted by Crippen LogP contribution is 2.25. The van der Waals surface area contributed by atoms with Crippen LogP contribution < -0.4 is 10.2 Å². The molecule has 2 heterocycles. The van der Waals surface area contributed by atoms with Crippen LogP contribution in [0.1, 0.15) is 32.3 Å². The minimum absolute atomic E-state index is 0.114. The van der Waals surface area contributed by atoms with E-state index in [9.17, 15) is 17.6 Å². The first kappa shape index (κ1) is 23.1. The van der Waals surface area contributed by atoms with Crippen LogP contribution in [-0.4, -0.2) is 53.0 Å². The van der Waals surface area contributed by atoms with Gasteiger partial charge in [-0.15, -0.1) is 5.10 Å². The number of carbonyl (C=O) groups excluding carboxylic acids is 1. The van der Waals surface area contributed by atoms with E-state index in [-0.39, 0.29) is 4.90 Å². The van der Waals surface area contributed by atoms with E-state index in [2.05, 4.69) is 15.6 Å². The lowest BCUT2D eigenvalue weighted by molar-refractivity contribution is -0.127. The van der Waals surface area contributed by atoms with E-state index in [1.165, 1.54) is 29.4 Å². The molecule has 176 valence electrons. The summed E-state index contributed by atoms with van der Waals surface area (Å²) in [5.41, 5.74) is 1.51. The van der Waals surface area contributed by atoms with Gasteiger partial charge in [0, 0.05) is 18.8 Å². The van der Waals surface area contributed by atoms with Crippen molar-refractivity contribution in [2.75, 3.05) is 18.4 Å². The van der Waals surface area contributed by atoms with Crippen molar-refractivity contribution in [1.82, 2.24) is 19.5 Å². The maximum absolute atomic E-state index is 13.7. The Morgan fingerprint density at radius 3 is 2.79 bits per heavy atom. The van der Waals surface area contributed by atoms with Gasteiger partial charge in [-0.2, -0.15) is 4.31 Å². The number of nitrogens with one attached hydrogen (secondary N) is 1. The number of sulfonamides is 1. The van der Waals surface area contributed by atoms with Crippen LogP contribution in [0, 0.1) is 18.7 Å². The molecule has 1 saturated heterocycles. The minimum atomic E-state index is -3.68. The summed E-state index contributed by atoms with van der Waals surface area (Å²) in [6.07, 6.45) is 0.815. The van der Waals surface area contributed by atoms with Crippen molar-refractivity contribution in [1.29, 1.82) is 0 Å². The number of anilines is 1. The van der Waals surface area contributed by atoms with Gasteiger partial charge in [0.15, 0.2) is 0 Å². The van der Waals surface area contributed by atoms with Gasteiger partial charge in [0.25, 0.3) is 5.91 Å². The summed E-state index contributed by atoms with van der Waals surface area (Å²) in [4.78, 5) is 19.3. The molecule has 1 fully saturated rings. The second-order valence-electron chi connectivity index (χ2n) is 8.42. The predicted octanol–water partition coefficient (Wildman–Crippen LogP) is 2.76. The first-order valence-corrected chi connectivity index (χ1v) is 12.2. The van der Waals surface area contributed by atoms with Crippen molar-refractivity contribution in [3.05, 3.63) is 47.8 Å². The van der Waals surface area contributed by atoms with Gasteiger partial charge in [-0.3, -0.25) is 4.79 Å². The molecule has 33 heavy (non-hydrogen) atoms. The topological polar surface area (TPSA) is 106 Å². The summed E-state index contributed by atoms with van der Waals surface area (Å²) >= 11 is 0. The summed E-state index contributed by atoms with van der Waals surface area (Å²) in [5.74, 6) is -0.650. The maximum Gasteiger partial charge on any atom is 0.267 e. The van der Waals surface area contributed by atoms with E-state index >= 15 is 0 Å². The molecule has 11 heteroatoms. The number of carbonyl (C=O) groups is 1. The lowest BCUT2D eigenvalue weighted by Crippen LogP contribution is -2.39. The predicted molar refractivity (Wildman–Crippen MR) is 120 cm³/mol. The highest BCUT2D eigenvalue weighted by Gasteiger charge is 2.29. The van der Waals surface area contributed by atoms with Crippen LogP contribution in [-0.2, 0) is 14.8 Å². The number of piperidine rings is 1. The second-order valence-corrected chi connectivity index (χ2v) is 10.4. The first-order valence-electron chi connectivity index (χ1n) is 10.7. The van der Waals surface area contributed by atoms with Gasteiger partial charge < -0.3 is 10.2 Å². The number of fused-ring (bicyclic) bond motifs is 1. The molecule has 4 rings (SSSR count). The molecule has 1 N–H and O–H groups in total. The maximum atomic E-state index is 13.7. The van der Waals surface area contributed by atoms with Gasteiger partial charge in [0.2, 0.25) is 16.1 Å². The third-order valence-electron chi connectivity index (χ3n) is 5.71. The van der Waals surface area contributed by atoms with Crippen molar-refractivity contribution < 1.29 is 22.4 Å². The number of aromatic nitrogens is 3. The monoisotopic (exact) mass is 475 g/mol. The number of hydrogen-bond acceptors (Lipinski definition) is 6. The van der Waals surface area contributed by atoms with Crippen molar-refractivity contribution in [3.63, 3.8) is 0 Å². The van der Waals surface area contributed by atoms with Crippen molar-refractivity contribution >= 4 is 32.7 Å². The fourth-order valence-electron chi connectivity index (χ4n) is 3.74. The van der Waals surface area contributed by atoms with Crippen LogP contribution in [0.4, 0.5) is 10.1 Å². The van der Waals surface area contributed by atoms with E-state index in [0.717, 1.165) is 17.7 Å². The van der Waals surface area contributed by atoms with Crippen molar-refractivity contribution in [3.8, 4) is 0 Å². The Morgan fingerprint density at radius 2 is 2.06 bits per heavy atom. The zero-order valence-corrected chi connectivity index (χ0v) is 19.5. The van der Waals surface area contributed by atoms with E-state index < -0.39 is 27.9 Å². The molecule has 2 aromatic carbocycles. The number of benzene rings is 2. The molecule has 0 aliphatic carbocycles. The molecule has 0 bridgehead atoms. The van der Waals surface area contributed by atoms with Crippen molar-refractivity contribution in [2.45, 2.75) is 44.6 Å². The highest BCUT2D eigenvalue weighted by atomic mass is 32.2. The average Bonchev–Trinajstić information content (AvgIpc) is 3.18. The van der Waals surface area contributed by atoms with Crippen LogP contribution in [0.2, 0.25) is 0 Å². The van der Waals surface area contributed by atoms with Crippen LogP contribution in [0.3, 0.4) is 0 Å². The number of amides is 1. The molecular formula is C22H26FN5O4S. The molecule has 1 aliphatic heterocycles. The number of aryl methyl sites for hydroxylation is 1. The number of rotatable bonds is 6. The zero-order valence-electron chi connectivity index (χ0n) is 18.7. The molecule has 0 spiro atoms. The lowest BCUT2D eigenvalue weighted by atomic mass is 10.0. The fourth-order valence-corrected chi connectivity index (χ4v) is 5.36. The van der Waals surface area contributed by atoms with Crippen LogP contribution >= 0.6 is 0 Å². The number of halogens is 1. The lowest BCUT2D eigenvalue weighted by Gasteiger charge is -2.30. The molecule has 0 saturated carbocycles. The third kappa shape index (κ3) is 4.83. The molecular weight excluding hydrogens is 449 g/mol. The summed E-state index contributed by atoms with van der Waals surface area (Å²) in [7, 11) is -3.68. The summed E-state index contributed by atoms with van der Waals surface area (Å²) in [6.45, 7) is 6.13. The molecule has 2 atom stereocenters. The van der Waals surface area contributed by atoms with E-state index in [4.69, 9.17) is 4.84 Å². The Balaban J connectivity index is 1.53. The molecule has 9 nitrogen and oxygen atoms in total. The normalized spacial score (nSPS) is 18.2. The Hall–Kier alpha value is -3.05. The summed E-state index contributed by atoms with van der Waals surface area (Å²) < 4.78 is 41.5. The molecule has 3 aromatic rings. The Morgan fingerprint density at radius 1 is 1.27 bits per heavy atom. The SMILES string of the molecule is Cc1ccc(NC(=O)C(C)On2nnc3ccc(S(=O)(=O)N4CCCC(C)C4)cc32)cc1F. The van der Waals surface area contributed by atoms with E-state index in [1.807, 2.05) is 6.92 Å². The largest absolute Gasteiger partial charge is 0.382 e. The molecule has 1 amide bonds. The third-order valence-corrected chi connectivity index (χ3v) is 7.57. The average molecular weight is 476 g/mol. The zero-order chi connectivity index (χ0) is 23.8.